The monoisotopic (exact) mass is 718 g/mol. The first-order valence-electron chi connectivity index (χ1n) is 18.4. The zero-order valence-corrected chi connectivity index (χ0v) is 30.2. The number of aliphatic hydroxyl groups excluding tert-OH is 2. The molecule has 0 atom stereocenters. The van der Waals surface area contributed by atoms with E-state index in [0.717, 1.165) is 65.7 Å². The topological polar surface area (TPSA) is 68.2 Å². The van der Waals surface area contributed by atoms with Crippen LogP contribution in [-0.2, 0) is 4.74 Å². The number of benzene rings is 8. The predicted octanol–water partition coefficient (Wildman–Crippen LogP) is 9.52. The van der Waals surface area contributed by atoms with Crippen LogP contribution >= 0.6 is 0 Å². The smallest absolute Gasteiger partial charge is 0.128 e. The summed E-state index contributed by atoms with van der Waals surface area (Å²) in [7, 11) is 0. The van der Waals surface area contributed by atoms with Crippen molar-refractivity contribution < 1.29 is 24.4 Å². The SMILES string of the molecule is OCCOCCOc1ccc2cc(C#Cc3ccc4ccccc4c3)ccc2c1-c1c(OCCO)ccc2cc(C#Cc3ccc4ccccc4c3)ccc12. The average molecular weight is 719 g/mol. The van der Waals surface area contributed by atoms with Crippen LogP contribution in [-0.4, -0.2) is 49.9 Å². The molecule has 0 aliphatic rings. The van der Waals surface area contributed by atoms with Crippen molar-refractivity contribution in [2.45, 2.75) is 0 Å². The molecule has 0 heterocycles. The van der Waals surface area contributed by atoms with Gasteiger partial charge in [-0.3, -0.25) is 0 Å². The molecule has 0 aliphatic carbocycles. The van der Waals surface area contributed by atoms with Crippen LogP contribution in [0.15, 0.2) is 146 Å². The first-order chi connectivity index (χ1) is 27.2. The van der Waals surface area contributed by atoms with E-state index >= 15 is 0 Å². The quantitative estimate of drug-likeness (QED) is 0.109. The highest BCUT2D eigenvalue weighted by Gasteiger charge is 2.20. The Bertz CT molecular complexity index is 2800. The van der Waals surface area contributed by atoms with E-state index < -0.39 is 0 Å². The Morgan fingerprint density at radius 1 is 0.364 bits per heavy atom. The molecule has 0 radical (unpaired) electrons. The molecule has 8 aromatic carbocycles. The van der Waals surface area contributed by atoms with Crippen LogP contribution in [0.4, 0.5) is 0 Å². The van der Waals surface area contributed by atoms with Crippen molar-refractivity contribution in [3.63, 3.8) is 0 Å². The van der Waals surface area contributed by atoms with Gasteiger partial charge in [0.05, 0.1) is 26.4 Å². The lowest BCUT2D eigenvalue weighted by Gasteiger charge is -2.20. The molecule has 5 nitrogen and oxygen atoms in total. The molecule has 0 bridgehead atoms. The lowest BCUT2D eigenvalue weighted by molar-refractivity contribution is 0.0706. The van der Waals surface area contributed by atoms with Crippen molar-refractivity contribution in [3.8, 4) is 46.3 Å². The molecule has 0 spiro atoms. The molecule has 2 N–H and O–H groups in total. The van der Waals surface area contributed by atoms with E-state index in [1.54, 1.807) is 0 Å². The van der Waals surface area contributed by atoms with Crippen molar-refractivity contribution in [3.05, 3.63) is 168 Å². The number of ether oxygens (including phenoxy) is 3. The van der Waals surface area contributed by atoms with E-state index in [4.69, 9.17) is 14.2 Å². The van der Waals surface area contributed by atoms with Gasteiger partial charge in [-0.15, -0.1) is 0 Å². The third-order valence-electron chi connectivity index (χ3n) is 9.48. The zero-order valence-electron chi connectivity index (χ0n) is 30.2. The number of aliphatic hydroxyl groups is 2. The van der Waals surface area contributed by atoms with Gasteiger partial charge in [0, 0.05) is 33.4 Å². The molecule has 268 valence electrons. The van der Waals surface area contributed by atoms with Crippen LogP contribution < -0.4 is 9.47 Å². The summed E-state index contributed by atoms with van der Waals surface area (Å²) in [6.07, 6.45) is 0. The van der Waals surface area contributed by atoms with Crippen molar-refractivity contribution in [2.24, 2.45) is 0 Å². The minimum atomic E-state index is -0.124. The number of hydrogen-bond donors (Lipinski definition) is 2. The fourth-order valence-electron chi connectivity index (χ4n) is 6.89. The van der Waals surface area contributed by atoms with Crippen LogP contribution in [0.3, 0.4) is 0 Å². The summed E-state index contributed by atoms with van der Waals surface area (Å²) in [6.45, 7) is 0.818. The first kappa shape index (κ1) is 35.4. The molecule has 0 unspecified atom stereocenters. The van der Waals surface area contributed by atoms with Crippen molar-refractivity contribution in [1.29, 1.82) is 0 Å². The van der Waals surface area contributed by atoms with Gasteiger partial charge in [0.2, 0.25) is 0 Å². The van der Waals surface area contributed by atoms with Gasteiger partial charge in [-0.2, -0.15) is 0 Å². The van der Waals surface area contributed by atoms with Crippen LogP contribution in [0.2, 0.25) is 0 Å². The van der Waals surface area contributed by atoms with Gasteiger partial charge in [0.15, 0.2) is 0 Å². The second kappa shape index (κ2) is 16.6. The van der Waals surface area contributed by atoms with Crippen LogP contribution in [0.5, 0.6) is 11.5 Å². The normalized spacial score (nSPS) is 10.9. The average Bonchev–Trinajstić information content (AvgIpc) is 3.23. The maximum Gasteiger partial charge on any atom is 0.128 e. The van der Waals surface area contributed by atoms with E-state index in [0.29, 0.717) is 24.7 Å². The van der Waals surface area contributed by atoms with E-state index in [1.165, 1.54) is 10.8 Å². The second-order valence-electron chi connectivity index (χ2n) is 13.1. The van der Waals surface area contributed by atoms with E-state index in [-0.39, 0.29) is 26.4 Å². The van der Waals surface area contributed by atoms with Crippen molar-refractivity contribution >= 4 is 43.1 Å². The summed E-state index contributed by atoms with van der Waals surface area (Å²) in [5.74, 6) is 14.7. The Morgan fingerprint density at radius 3 is 1.24 bits per heavy atom. The highest BCUT2D eigenvalue weighted by Crippen LogP contribution is 2.46. The summed E-state index contributed by atoms with van der Waals surface area (Å²) in [5, 5.41) is 27.6. The lowest BCUT2D eigenvalue weighted by atomic mass is 9.91. The summed E-state index contributed by atoms with van der Waals surface area (Å²) in [5.41, 5.74) is 5.40. The molecule has 0 amide bonds. The van der Waals surface area contributed by atoms with Gasteiger partial charge in [-0.25, -0.2) is 0 Å². The summed E-state index contributed by atoms with van der Waals surface area (Å²) in [4.78, 5) is 0. The Labute approximate surface area is 320 Å². The zero-order chi connectivity index (χ0) is 37.4. The van der Waals surface area contributed by atoms with Crippen molar-refractivity contribution in [1.82, 2.24) is 0 Å². The highest BCUT2D eigenvalue weighted by molar-refractivity contribution is 6.10. The van der Waals surface area contributed by atoms with Crippen molar-refractivity contribution in [2.75, 3.05) is 39.6 Å². The molecule has 55 heavy (non-hydrogen) atoms. The second-order valence-corrected chi connectivity index (χ2v) is 13.1. The van der Waals surface area contributed by atoms with Crippen LogP contribution in [0.25, 0.3) is 54.2 Å². The summed E-state index contributed by atoms with van der Waals surface area (Å²) < 4.78 is 18.1. The molecule has 0 saturated heterocycles. The van der Waals surface area contributed by atoms with Gasteiger partial charge in [-0.1, -0.05) is 109 Å². The molecular formula is C50H38O5. The number of hydrogen-bond acceptors (Lipinski definition) is 5. The number of fused-ring (bicyclic) bond motifs is 4. The van der Waals surface area contributed by atoms with Crippen LogP contribution in [0, 0.1) is 23.7 Å². The summed E-state index contributed by atoms with van der Waals surface area (Å²) in [6, 6.07) is 49.5. The minimum Gasteiger partial charge on any atom is -0.491 e. The maximum absolute atomic E-state index is 9.77. The summed E-state index contributed by atoms with van der Waals surface area (Å²) >= 11 is 0. The molecule has 8 aromatic rings. The minimum absolute atomic E-state index is 0.0521. The largest absolute Gasteiger partial charge is 0.491 e. The molecule has 0 aromatic heterocycles. The maximum atomic E-state index is 9.77. The Hall–Kier alpha value is -6.60. The van der Waals surface area contributed by atoms with E-state index in [1.807, 2.05) is 60.7 Å². The molecule has 0 aliphatic heterocycles. The molecule has 5 heteroatoms. The third kappa shape index (κ3) is 8.02. The van der Waals surface area contributed by atoms with E-state index in [2.05, 4.69) is 109 Å². The lowest BCUT2D eigenvalue weighted by Crippen LogP contribution is -2.10. The predicted molar refractivity (Wildman–Crippen MR) is 223 cm³/mol. The first-order valence-corrected chi connectivity index (χ1v) is 18.4. The van der Waals surface area contributed by atoms with Gasteiger partial charge in [0.25, 0.3) is 0 Å². The Kier molecular flexibility index (Phi) is 10.7. The molecule has 8 rings (SSSR count). The molecule has 0 fully saturated rings. The van der Waals surface area contributed by atoms with Crippen LogP contribution in [0.1, 0.15) is 22.3 Å². The Morgan fingerprint density at radius 2 is 0.764 bits per heavy atom. The molecule has 0 saturated carbocycles. The molecular weight excluding hydrogens is 681 g/mol. The fourth-order valence-corrected chi connectivity index (χ4v) is 6.89. The van der Waals surface area contributed by atoms with Gasteiger partial charge < -0.3 is 24.4 Å². The number of rotatable bonds is 10. The van der Waals surface area contributed by atoms with E-state index in [9.17, 15) is 10.2 Å². The van der Waals surface area contributed by atoms with Gasteiger partial charge in [0.1, 0.15) is 24.7 Å². The highest BCUT2D eigenvalue weighted by atomic mass is 16.5. The third-order valence-corrected chi connectivity index (χ3v) is 9.48. The Balaban J connectivity index is 1.22. The standard InChI is InChI=1S/C50H38O5/c51-25-27-53-29-30-55-48-24-20-44-34-38(12-10-36-14-18-40-6-2-4-8-42(40)32-36)16-22-46(44)50(48)49-45-21-15-37(33-43(45)19-23-47(49)54-28-26-52)11-9-35-13-17-39-5-1-3-7-41(39)31-35/h1-8,13-24,31-34,51-52H,25-30H2. The fraction of sp³-hybridized carbons (Fsp3) is 0.120. The van der Waals surface area contributed by atoms with Gasteiger partial charge in [-0.05, 0) is 104 Å². The van der Waals surface area contributed by atoms with Gasteiger partial charge >= 0.3 is 0 Å².